The molecule has 0 aliphatic carbocycles. The fourth-order valence-electron chi connectivity index (χ4n) is 3.92. The number of rotatable bonds is 3. The molecule has 1 unspecified atom stereocenters. The van der Waals surface area contributed by atoms with Gasteiger partial charge in [-0.2, -0.15) is 0 Å². The van der Waals surface area contributed by atoms with Crippen LogP contribution in [0.4, 0.5) is 5.69 Å². The number of carbonyl (C=O) groups is 2. The number of halogens is 1. The highest BCUT2D eigenvalue weighted by Gasteiger charge is 2.35. The molecule has 0 spiro atoms. The maximum absolute atomic E-state index is 13.7. The summed E-state index contributed by atoms with van der Waals surface area (Å²) >= 11 is 6.03. The number of hydrogen-bond donors (Lipinski definition) is 1. The van der Waals surface area contributed by atoms with Crippen molar-refractivity contribution in [3.63, 3.8) is 0 Å². The van der Waals surface area contributed by atoms with Crippen LogP contribution >= 0.6 is 38.6 Å². The molecule has 7 nitrogen and oxygen atoms in total. The number of thiazole rings is 1. The molecule has 3 aromatic rings. The Bertz CT molecular complexity index is 1500. The first-order valence-corrected chi connectivity index (χ1v) is 12.3. The van der Waals surface area contributed by atoms with E-state index in [4.69, 9.17) is 4.74 Å². The number of allylic oxidation sites excluding steroid dienone is 1. The summed E-state index contributed by atoms with van der Waals surface area (Å²) in [7, 11) is 0. The van der Waals surface area contributed by atoms with Gasteiger partial charge in [0.1, 0.15) is 10.6 Å². The zero-order valence-corrected chi connectivity index (χ0v) is 20.2. The summed E-state index contributed by atoms with van der Waals surface area (Å²) < 4.78 is 7.87. The number of thiophene rings is 1. The monoisotopic (exact) mass is 529 g/mol. The molecule has 1 amide bonds. The Hall–Kier alpha value is -2.82. The lowest BCUT2D eigenvalue weighted by molar-refractivity contribution is -0.139. The Morgan fingerprint density at radius 2 is 2.12 bits per heavy atom. The summed E-state index contributed by atoms with van der Waals surface area (Å²) in [6.07, 6.45) is 0. The predicted octanol–water partition coefficient (Wildman–Crippen LogP) is 2.94. The van der Waals surface area contributed by atoms with Crippen molar-refractivity contribution in [2.75, 3.05) is 11.9 Å². The molecule has 1 aromatic carbocycles. The van der Waals surface area contributed by atoms with Crippen LogP contribution in [0.2, 0.25) is 0 Å². The minimum absolute atomic E-state index is 0.215. The van der Waals surface area contributed by atoms with Crippen molar-refractivity contribution in [3.05, 3.63) is 81.6 Å². The molecule has 0 saturated carbocycles. The molecule has 4 heterocycles. The number of nitrogens with one attached hydrogen (secondary N) is 1. The minimum atomic E-state index is -0.661. The Morgan fingerprint density at radius 3 is 2.84 bits per heavy atom. The molecule has 0 radical (unpaired) electrons. The van der Waals surface area contributed by atoms with Gasteiger partial charge in [0, 0.05) is 20.6 Å². The van der Waals surface area contributed by atoms with Crippen molar-refractivity contribution in [2.45, 2.75) is 19.9 Å². The first-order chi connectivity index (χ1) is 15.4. The number of carbonyl (C=O) groups excluding carboxylic acids is 2. The molecule has 10 heteroatoms. The first kappa shape index (κ1) is 21.0. The number of anilines is 1. The summed E-state index contributed by atoms with van der Waals surface area (Å²) in [6.45, 7) is 3.69. The van der Waals surface area contributed by atoms with Gasteiger partial charge in [-0.05, 0) is 43.5 Å². The minimum Gasteiger partial charge on any atom is -0.463 e. The molecule has 1 atom stereocenters. The number of esters is 1. The Morgan fingerprint density at radius 1 is 1.31 bits per heavy atom. The first-order valence-electron chi connectivity index (χ1n) is 9.77. The van der Waals surface area contributed by atoms with E-state index in [1.54, 1.807) is 19.9 Å². The highest BCUT2D eigenvalue weighted by atomic mass is 79.9. The Labute approximate surface area is 198 Å². The number of fused-ring (bicyclic) bond motifs is 2. The van der Waals surface area contributed by atoms with E-state index < -0.39 is 12.0 Å². The molecule has 2 aliphatic rings. The lowest BCUT2D eigenvalue weighted by atomic mass is 10.0. The Balaban J connectivity index is 1.82. The molecule has 5 rings (SSSR count). The number of hydrogen-bond acceptors (Lipinski definition) is 7. The standard InChI is InChI=1S/C22H16BrN3O4S2/c1-3-30-21(29)15-10(2)24-22-26(17(15)14-5-4-8-31-14)20(28)18(32-22)16-12-9-11(23)6-7-13(12)25-19(16)27/h4-9,17H,3H2,1-2H3,(H,25,27). The second-order valence-corrected chi connectivity index (χ2v) is 10.0. The molecular weight excluding hydrogens is 514 g/mol. The van der Waals surface area contributed by atoms with Crippen LogP contribution in [0.5, 0.6) is 0 Å². The zero-order valence-electron chi connectivity index (χ0n) is 17.0. The highest BCUT2D eigenvalue weighted by molar-refractivity contribution is 9.10. The molecule has 32 heavy (non-hydrogen) atoms. The molecule has 0 saturated heterocycles. The number of ether oxygens (including phenoxy) is 1. The van der Waals surface area contributed by atoms with Gasteiger partial charge in [0.2, 0.25) is 0 Å². The van der Waals surface area contributed by atoms with E-state index in [1.165, 1.54) is 15.9 Å². The van der Waals surface area contributed by atoms with Crippen LogP contribution in [0.25, 0.3) is 5.57 Å². The van der Waals surface area contributed by atoms with E-state index in [1.807, 2.05) is 29.6 Å². The summed E-state index contributed by atoms with van der Waals surface area (Å²) in [5, 5.41) is 4.71. The smallest absolute Gasteiger partial charge is 0.338 e. The molecule has 0 bridgehead atoms. The van der Waals surface area contributed by atoms with Crippen molar-refractivity contribution >= 4 is 61.7 Å². The van der Waals surface area contributed by atoms with Gasteiger partial charge in [-0.1, -0.05) is 33.3 Å². The maximum Gasteiger partial charge on any atom is 0.338 e. The van der Waals surface area contributed by atoms with Gasteiger partial charge in [-0.15, -0.1) is 11.3 Å². The molecular formula is C22H16BrN3O4S2. The predicted molar refractivity (Wildman–Crippen MR) is 126 cm³/mol. The average Bonchev–Trinajstić information content (AvgIpc) is 3.45. The van der Waals surface area contributed by atoms with Crippen molar-refractivity contribution in [1.82, 2.24) is 4.57 Å². The van der Waals surface area contributed by atoms with E-state index in [2.05, 4.69) is 26.2 Å². The van der Waals surface area contributed by atoms with Gasteiger partial charge in [0.15, 0.2) is 4.80 Å². The number of aromatic nitrogens is 1. The van der Waals surface area contributed by atoms with Crippen molar-refractivity contribution in [2.24, 2.45) is 4.99 Å². The fourth-order valence-corrected chi connectivity index (χ4v) is 6.25. The van der Waals surface area contributed by atoms with Gasteiger partial charge >= 0.3 is 5.97 Å². The number of benzene rings is 1. The number of amides is 1. The van der Waals surface area contributed by atoms with Crippen LogP contribution in [0.15, 0.2) is 61.2 Å². The summed E-state index contributed by atoms with van der Waals surface area (Å²) in [4.78, 5) is 45.2. The third-order valence-corrected chi connectivity index (χ3v) is 7.73. The zero-order chi connectivity index (χ0) is 22.6. The van der Waals surface area contributed by atoms with Gasteiger partial charge in [-0.25, -0.2) is 9.79 Å². The van der Waals surface area contributed by atoms with Crippen LogP contribution in [0.3, 0.4) is 0 Å². The molecule has 1 N–H and O–H groups in total. The van der Waals surface area contributed by atoms with Gasteiger partial charge in [0.05, 0.1) is 23.5 Å². The lowest BCUT2D eigenvalue weighted by Crippen LogP contribution is -2.40. The third kappa shape index (κ3) is 3.21. The van der Waals surface area contributed by atoms with E-state index in [0.29, 0.717) is 32.9 Å². The molecule has 2 aromatic heterocycles. The second-order valence-electron chi connectivity index (χ2n) is 7.16. The average molecular weight is 530 g/mol. The number of nitrogens with zero attached hydrogens (tertiary/aromatic N) is 2. The van der Waals surface area contributed by atoms with Crippen molar-refractivity contribution in [1.29, 1.82) is 0 Å². The van der Waals surface area contributed by atoms with Crippen molar-refractivity contribution < 1.29 is 14.3 Å². The van der Waals surface area contributed by atoms with Gasteiger partial charge in [0.25, 0.3) is 11.5 Å². The summed E-state index contributed by atoms with van der Waals surface area (Å²) in [6, 6.07) is 8.52. The van der Waals surface area contributed by atoms with E-state index >= 15 is 0 Å². The van der Waals surface area contributed by atoms with E-state index in [-0.39, 0.29) is 22.6 Å². The topological polar surface area (TPSA) is 89.8 Å². The fraction of sp³-hybridized carbons (Fsp3) is 0.182. The normalized spacial score (nSPS) is 18.7. The van der Waals surface area contributed by atoms with Crippen LogP contribution in [-0.2, 0) is 14.3 Å². The maximum atomic E-state index is 13.7. The van der Waals surface area contributed by atoms with Crippen LogP contribution in [0.1, 0.15) is 30.3 Å². The van der Waals surface area contributed by atoms with Crippen LogP contribution in [-0.4, -0.2) is 23.1 Å². The largest absolute Gasteiger partial charge is 0.463 e. The third-order valence-electron chi connectivity index (χ3n) is 5.26. The van der Waals surface area contributed by atoms with E-state index in [9.17, 15) is 14.4 Å². The summed E-state index contributed by atoms with van der Waals surface area (Å²) in [5.74, 6) is -0.838. The summed E-state index contributed by atoms with van der Waals surface area (Å²) in [5.41, 5.74) is 2.09. The van der Waals surface area contributed by atoms with Gasteiger partial charge < -0.3 is 10.1 Å². The Kier molecular flexibility index (Phi) is 5.23. The van der Waals surface area contributed by atoms with E-state index in [0.717, 1.165) is 20.7 Å². The molecule has 0 fully saturated rings. The molecule has 162 valence electrons. The second kappa shape index (κ2) is 7.95. The SMILES string of the molecule is CCOC(=O)C1=C(C)N=c2sc(=C3C(=O)Nc4ccc(Br)cc43)c(=O)n2C1c1cccs1. The van der Waals surface area contributed by atoms with Crippen molar-refractivity contribution in [3.8, 4) is 0 Å². The lowest BCUT2D eigenvalue weighted by Gasteiger charge is -2.23. The highest BCUT2D eigenvalue weighted by Crippen LogP contribution is 2.34. The van der Waals surface area contributed by atoms with Crippen LogP contribution < -0.4 is 20.2 Å². The van der Waals surface area contributed by atoms with Gasteiger partial charge in [-0.3, -0.25) is 14.2 Å². The quantitative estimate of drug-likeness (QED) is 0.528. The van der Waals surface area contributed by atoms with Crippen LogP contribution in [0, 0.1) is 0 Å². The molecule has 2 aliphatic heterocycles.